The zero-order valence-electron chi connectivity index (χ0n) is 36.3. The Hall–Kier alpha value is -4.56. The zero-order valence-corrected chi connectivity index (χ0v) is 37.2. The molecule has 0 aliphatic heterocycles. The molecular formula is C51H65N2O7P. The van der Waals surface area contributed by atoms with E-state index < -0.39 is 18.6 Å². The molecule has 0 bridgehead atoms. The predicted molar refractivity (Wildman–Crippen MR) is 251 cm³/mol. The molecule has 9 nitrogen and oxygen atoms in total. The maximum atomic E-state index is 14.1. The topological polar surface area (TPSA) is 117 Å². The van der Waals surface area contributed by atoms with Gasteiger partial charge in [-0.3, -0.25) is 19.4 Å². The SMILES string of the molecule is CCCCCCCCOCC(COP(=O)(CCCCCC)Oc1ccc([N+](=O)[O-])cc1)NC(=O)CCCCCCCc1ccc2c3cccc4cccc(c5cccc1c52)c43. The highest BCUT2D eigenvalue weighted by atomic mass is 31.2. The lowest BCUT2D eigenvalue weighted by Gasteiger charge is -2.24. The van der Waals surface area contributed by atoms with E-state index in [1.807, 2.05) is 0 Å². The molecule has 0 fully saturated rings. The van der Waals surface area contributed by atoms with Gasteiger partial charge in [-0.05, 0) is 92.9 Å². The Kier molecular flexibility index (Phi) is 17.8. The number of carbonyl (C=O) groups excluding carboxylic acids is 1. The van der Waals surface area contributed by atoms with Crippen molar-refractivity contribution in [1.29, 1.82) is 0 Å². The first-order chi connectivity index (χ1) is 29.8. The van der Waals surface area contributed by atoms with E-state index in [2.05, 4.69) is 85.9 Å². The number of aryl methyl sites for hydroxylation is 1. The van der Waals surface area contributed by atoms with Crippen LogP contribution in [0.25, 0.3) is 43.1 Å². The summed E-state index contributed by atoms with van der Waals surface area (Å²) in [6.07, 6.45) is 17.1. The molecule has 0 aliphatic carbocycles. The lowest BCUT2D eigenvalue weighted by molar-refractivity contribution is -0.384. The number of hydrogen-bond acceptors (Lipinski definition) is 7. The molecule has 6 rings (SSSR count). The number of hydrogen-bond donors (Lipinski definition) is 1. The highest BCUT2D eigenvalue weighted by molar-refractivity contribution is 7.54. The van der Waals surface area contributed by atoms with Crippen molar-refractivity contribution in [3.63, 3.8) is 0 Å². The van der Waals surface area contributed by atoms with Gasteiger partial charge in [0.25, 0.3) is 5.69 Å². The minimum atomic E-state index is -3.65. The molecule has 10 heteroatoms. The van der Waals surface area contributed by atoms with Crippen molar-refractivity contribution in [2.45, 2.75) is 129 Å². The van der Waals surface area contributed by atoms with Gasteiger partial charge in [0.05, 0.1) is 30.3 Å². The van der Waals surface area contributed by atoms with Gasteiger partial charge < -0.3 is 14.6 Å². The van der Waals surface area contributed by atoms with Crippen molar-refractivity contribution in [1.82, 2.24) is 5.32 Å². The molecular weight excluding hydrogens is 784 g/mol. The Morgan fingerprint density at radius 1 is 0.656 bits per heavy atom. The van der Waals surface area contributed by atoms with Gasteiger partial charge in [-0.1, -0.05) is 151 Å². The van der Waals surface area contributed by atoms with Crippen LogP contribution in [-0.2, 0) is 25.0 Å². The fourth-order valence-corrected chi connectivity index (χ4v) is 10.3. The minimum absolute atomic E-state index is 0.0281. The van der Waals surface area contributed by atoms with E-state index in [0.29, 0.717) is 19.4 Å². The number of amides is 1. The summed E-state index contributed by atoms with van der Waals surface area (Å²) in [6.45, 7) is 5.11. The van der Waals surface area contributed by atoms with Gasteiger partial charge in [0.15, 0.2) is 0 Å². The number of nitro benzene ring substituents is 1. The summed E-state index contributed by atoms with van der Waals surface area (Å²) in [6, 6.07) is 29.7. The van der Waals surface area contributed by atoms with Gasteiger partial charge >= 0.3 is 7.60 Å². The number of carbonyl (C=O) groups is 1. The zero-order chi connectivity index (χ0) is 42.9. The molecule has 0 radical (unpaired) electrons. The third kappa shape index (κ3) is 13.0. The first-order valence-corrected chi connectivity index (χ1v) is 24.6. The van der Waals surface area contributed by atoms with Gasteiger partial charge in [-0.15, -0.1) is 0 Å². The fourth-order valence-electron chi connectivity index (χ4n) is 8.56. The highest BCUT2D eigenvalue weighted by Crippen LogP contribution is 2.49. The summed E-state index contributed by atoms with van der Waals surface area (Å²) in [4.78, 5) is 24.0. The Balaban J connectivity index is 0.994. The maximum absolute atomic E-state index is 14.1. The van der Waals surface area contributed by atoms with Crippen molar-refractivity contribution >= 4 is 62.3 Å². The second-order valence-corrected chi connectivity index (χ2v) is 18.7. The van der Waals surface area contributed by atoms with Crippen LogP contribution in [-0.4, -0.2) is 42.9 Å². The molecule has 6 aromatic rings. The van der Waals surface area contributed by atoms with Crippen molar-refractivity contribution in [3.05, 3.63) is 107 Å². The van der Waals surface area contributed by atoms with Crippen LogP contribution in [0.15, 0.2) is 91.0 Å². The summed E-state index contributed by atoms with van der Waals surface area (Å²) in [5, 5.41) is 24.9. The van der Waals surface area contributed by atoms with E-state index in [-0.39, 0.29) is 36.7 Å². The second-order valence-electron chi connectivity index (χ2n) is 16.6. The molecule has 1 N–H and O–H groups in total. The maximum Gasteiger partial charge on any atom is 0.379 e. The van der Waals surface area contributed by atoms with E-state index in [9.17, 15) is 19.5 Å². The van der Waals surface area contributed by atoms with Crippen LogP contribution < -0.4 is 9.84 Å². The third-order valence-electron chi connectivity index (χ3n) is 11.8. The van der Waals surface area contributed by atoms with Crippen molar-refractivity contribution in [3.8, 4) is 5.75 Å². The Labute approximate surface area is 361 Å². The molecule has 326 valence electrons. The Morgan fingerprint density at radius 3 is 1.95 bits per heavy atom. The number of ether oxygens (including phenoxy) is 1. The van der Waals surface area contributed by atoms with Crippen LogP contribution in [0.1, 0.15) is 122 Å². The number of rotatable bonds is 29. The van der Waals surface area contributed by atoms with Crippen molar-refractivity contribution in [2.24, 2.45) is 0 Å². The third-order valence-corrected chi connectivity index (χ3v) is 13.7. The van der Waals surface area contributed by atoms with Gasteiger partial charge in [0, 0.05) is 25.2 Å². The largest absolute Gasteiger partial charge is 0.424 e. The predicted octanol–water partition coefficient (Wildman–Crippen LogP) is 14.3. The summed E-state index contributed by atoms with van der Waals surface area (Å²) >= 11 is 0. The van der Waals surface area contributed by atoms with Gasteiger partial charge in [-0.25, -0.2) is 4.57 Å². The molecule has 1 amide bonds. The summed E-state index contributed by atoms with van der Waals surface area (Å²) in [7, 11) is -3.65. The van der Waals surface area contributed by atoms with Crippen LogP contribution in [0.2, 0.25) is 0 Å². The summed E-state index contributed by atoms with van der Waals surface area (Å²) in [5.74, 6) is 0.167. The lowest BCUT2D eigenvalue weighted by atomic mass is 9.87. The van der Waals surface area contributed by atoms with Crippen LogP contribution in [0.4, 0.5) is 5.69 Å². The van der Waals surface area contributed by atoms with Crippen LogP contribution in [0.5, 0.6) is 5.75 Å². The van der Waals surface area contributed by atoms with Gasteiger partial charge in [0.2, 0.25) is 5.91 Å². The number of fused-ring (bicyclic) bond motifs is 2. The molecule has 0 saturated carbocycles. The molecule has 2 atom stereocenters. The first-order valence-electron chi connectivity index (χ1n) is 22.9. The summed E-state index contributed by atoms with van der Waals surface area (Å²) < 4.78 is 32.1. The Bertz CT molecular complexity index is 2300. The molecule has 0 aromatic heterocycles. The minimum Gasteiger partial charge on any atom is -0.424 e. The standard InChI is InChI=1S/C51H65N2O7P/c1-3-5-7-9-13-16-35-58-37-41(38-59-61(57,36-17-8-6-4-2)60-43-32-30-42(31-33-43)53(55)56)52-49(54)28-15-12-10-11-14-21-39-29-34-48-46-26-19-23-40-22-18-25-45(50(40)46)47-27-20-24-44(39)51(47)48/h18-20,22-27,29-34,41H,3-17,21,28,35-38H2,1-2H3,(H,52,54). The molecule has 6 aromatic carbocycles. The van der Waals surface area contributed by atoms with Gasteiger partial charge in [-0.2, -0.15) is 0 Å². The second kappa shape index (κ2) is 23.6. The highest BCUT2D eigenvalue weighted by Gasteiger charge is 2.28. The molecule has 2 unspecified atom stereocenters. The first kappa shape index (κ1) is 46.0. The fraction of sp³-hybridized carbons (Fsp3) is 0.471. The lowest BCUT2D eigenvalue weighted by Crippen LogP contribution is -2.41. The van der Waals surface area contributed by atoms with E-state index in [1.165, 1.54) is 98.6 Å². The molecule has 0 heterocycles. The summed E-state index contributed by atoms with van der Waals surface area (Å²) in [5.41, 5.74) is 1.31. The Morgan fingerprint density at radius 2 is 1.25 bits per heavy atom. The quantitative estimate of drug-likeness (QED) is 0.0125. The normalized spacial score (nSPS) is 13.3. The van der Waals surface area contributed by atoms with Gasteiger partial charge in [0.1, 0.15) is 5.75 Å². The number of nitrogens with one attached hydrogen (secondary N) is 1. The number of unbranched alkanes of at least 4 members (excludes halogenated alkanes) is 12. The number of nitrogens with zero attached hydrogens (tertiary/aromatic N) is 1. The van der Waals surface area contributed by atoms with E-state index >= 15 is 0 Å². The number of non-ortho nitro benzene ring substituents is 1. The van der Waals surface area contributed by atoms with E-state index in [1.54, 1.807) is 0 Å². The number of benzene rings is 6. The molecule has 0 saturated heterocycles. The van der Waals surface area contributed by atoms with E-state index in [4.69, 9.17) is 13.8 Å². The molecule has 0 aliphatic rings. The van der Waals surface area contributed by atoms with Crippen molar-refractivity contribution in [2.75, 3.05) is 26.0 Å². The molecule has 0 spiro atoms. The average molecular weight is 849 g/mol. The molecule has 61 heavy (non-hydrogen) atoms. The number of nitro groups is 1. The van der Waals surface area contributed by atoms with Crippen LogP contribution in [0.3, 0.4) is 0 Å². The monoisotopic (exact) mass is 848 g/mol. The average Bonchev–Trinajstić information content (AvgIpc) is 3.27. The van der Waals surface area contributed by atoms with Crippen molar-refractivity contribution < 1.29 is 28.1 Å². The van der Waals surface area contributed by atoms with Crippen LogP contribution in [0, 0.1) is 10.1 Å². The van der Waals surface area contributed by atoms with E-state index in [0.717, 1.165) is 70.6 Å². The smallest absolute Gasteiger partial charge is 0.379 e. The van der Waals surface area contributed by atoms with Crippen LogP contribution >= 0.6 is 7.60 Å².